The minimum atomic E-state index is -0.0895. The van der Waals surface area contributed by atoms with Gasteiger partial charge in [-0.15, -0.1) is 11.3 Å². The topological polar surface area (TPSA) is 44.7 Å². The van der Waals surface area contributed by atoms with Crippen molar-refractivity contribution in [3.05, 3.63) is 52.2 Å². The van der Waals surface area contributed by atoms with E-state index in [4.69, 9.17) is 0 Å². The number of thiophene rings is 1. The average molecular weight is 313 g/mol. The van der Waals surface area contributed by atoms with E-state index in [0.29, 0.717) is 10.8 Å². The van der Waals surface area contributed by atoms with Crippen LogP contribution < -0.4 is 5.32 Å². The molecule has 1 aromatic carbocycles. The molecule has 1 aliphatic heterocycles. The summed E-state index contributed by atoms with van der Waals surface area (Å²) in [5.74, 6) is 0.565. The Labute approximate surface area is 134 Å². The normalized spacial score (nSPS) is 15.1. The number of nitrogens with zero attached hydrogens (tertiary/aromatic N) is 2. The first-order valence-electron chi connectivity index (χ1n) is 7.47. The summed E-state index contributed by atoms with van der Waals surface area (Å²) >= 11 is 1.44. The molecule has 1 aliphatic rings. The third-order valence-corrected chi connectivity index (χ3v) is 4.48. The molecule has 3 rings (SSSR count). The van der Waals surface area contributed by atoms with Crippen LogP contribution in [0.2, 0.25) is 0 Å². The number of carbonyl (C=O) groups excluding carboxylic acids is 1. The van der Waals surface area contributed by atoms with Crippen molar-refractivity contribution >= 4 is 28.9 Å². The van der Waals surface area contributed by atoms with Gasteiger partial charge in [0.25, 0.3) is 5.91 Å². The minimum absolute atomic E-state index is 0.0895. The zero-order valence-corrected chi connectivity index (χ0v) is 13.4. The van der Waals surface area contributed by atoms with Crippen LogP contribution in [0.5, 0.6) is 0 Å². The van der Waals surface area contributed by atoms with Gasteiger partial charge in [0, 0.05) is 13.1 Å². The van der Waals surface area contributed by atoms with Gasteiger partial charge in [-0.05, 0) is 48.9 Å². The maximum Gasteiger partial charge on any atom is 0.268 e. The van der Waals surface area contributed by atoms with Crippen molar-refractivity contribution in [2.45, 2.75) is 19.8 Å². The molecule has 1 fully saturated rings. The van der Waals surface area contributed by atoms with E-state index in [1.165, 1.54) is 11.3 Å². The van der Waals surface area contributed by atoms with E-state index < -0.39 is 0 Å². The number of rotatable bonds is 2. The van der Waals surface area contributed by atoms with Crippen LogP contribution in [0.15, 0.2) is 46.8 Å². The number of guanidine groups is 1. The molecule has 0 aliphatic carbocycles. The Hall–Kier alpha value is -2.14. The lowest BCUT2D eigenvalue weighted by atomic mass is 10.2. The van der Waals surface area contributed by atoms with Crippen LogP contribution in [0, 0.1) is 6.92 Å². The van der Waals surface area contributed by atoms with Crippen LogP contribution in [0.25, 0.3) is 0 Å². The number of likely N-dealkylation sites (tertiary alicyclic amines) is 1. The predicted molar refractivity (Wildman–Crippen MR) is 90.9 cm³/mol. The van der Waals surface area contributed by atoms with Gasteiger partial charge in [0.1, 0.15) is 0 Å². The molecule has 0 spiro atoms. The molecule has 1 N–H and O–H groups in total. The van der Waals surface area contributed by atoms with Crippen molar-refractivity contribution in [3.63, 3.8) is 0 Å². The zero-order valence-electron chi connectivity index (χ0n) is 12.6. The van der Waals surface area contributed by atoms with E-state index in [9.17, 15) is 4.79 Å². The second-order valence-corrected chi connectivity index (χ2v) is 6.35. The summed E-state index contributed by atoms with van der Waals surface area (Å²) < 4.78 is 0. The first kappa shape index (κ1) is 14.8. The van der Waals surface area contributed by atoms with Crippen molar-refractivity contribution in [2.75, 3.05) is 13.1 Å². The summed E-state index contributed by atoms with van der Waals surface area (Å²) in [7, 11) is 0. The number of nitrogens with one attached hydrogen (secondary N) is 1. The first-order valence-corrected chi connectivity index (χ1v) is 8.35. The van der Waals surface area contributed by atoms with Gasteiger partial charge >= 0.3 is 0 Å². The molecule has 0 saturated carbocycles. The first-order chi connectivity index (χ1) is 10.7. The fourth-order valence-electron chi connectivity index (χ4n) is 2.50. The molecule has 1 amide bonds. The monoisotopic (exact) mass is 313 g/mol. The van der Waals surface area contributed by atoms with Crippen LogP contribution in [-0.4, -0.2) is 29.9 Å². The van der Waals surface area contributed by atoms with Crippen molar-refractivity contribution in [2.24, 2.45) is 4.99 Å². The fourth-order valence-corrected chi connectivity index (χ4v) is 3.12. The number of hydrogen-bond donors (Lipinski definition) is 1. The highest BCUT2D eigenvalue weighted by molar-refractivity contribution is 7.12. The summed E-state index contributed by atoms with van der Waals surface area (Å²) in [6.45, 7) is 3.92. The Kier molecular flexibility index (Phi) is 4.53. The van der Waals surface area contributed by atoms with Gasteiger partial charge in [-0.25, -0.2) is 4.99 Å². The van der Waals surface area contributed by atoms with Crippen LogP contribution in [0.3, 0.4) is 0 Å². The second kappa shape index (κ2) is 6.75. The average Bonchev–Trinajstić information content (AvgIpc) is 3.20. The number of aliphatic imine (C=N–C) groups is 1. The van der Waals surface area contributed by atoms with E-state index in [0.717, 1.165) is 37.2 Å². The number of amides is 1. The molecular weight excluding hydrogens is 294 g/mol. The van der Waals surface area contributed by atoms with Gasteiger partial charge in [0.2, 0.25) is 5.96 Å². The maximum atomic E-state index is 12.3. The summed E-state index contributed by atoms with van der Waals surface area (Å²) in [6, 6.07) is 11.7. The van der Waals surface area contributed by atoms with E-state index in [1.807, 2.05) is 48.7 Å². The fraction of sp³-hybridized carbons (Fsp3) is 0.294. The summed E-state index contributed by atoms with van der Waals surface area (Å²) in [5, 5.41) is 4.88. The molecule has 22 heavy (non-hydrogen) atoms. The molecular formula is C17H19N3OS. The maximum absolute atomic E-state index is 12.3. The Morgan fingerprint density at radius 3 is 2.73 bits per heavy atom. The smallest absolute Gasteiger partial charge is 0.268 e. The van der Waals surface area contributed by atoms with Gasteiger partial charge in [0.15, 0.2) is 0 Å². The molecule has 0 bridgehead atoms. The number of benzene rings is 1. The molecule has 5 heteroatoms. The van der Waals surface area contributed by atoms with Crippen LogP contribution in [0.1, 0.15) is 28.1 Å². The zero-order chi connectivity index (χ0) is 15.4. The van der Waals surface area contributed by atoms with Gasteiger partial charge < -0.3 is 4.90 Å². The largest absolute Gasteiger partial charge is 0.342 e. The lowest BCUT2D eigenvalue weighted by Gasteiger charge is -2.20. The highest BCUT2D eigenvalue weighted by Crippen LogP contribution is 2.17. The van der Waals surface area contributed by atoms with Crippen molar-refractivity contribution in [1.29, 1.82) is 0 Å². The minimum Gasteiger partial charge on any atom is -0.342 e. The highest BCUT2D eigenvalue weighted by atomic mass is 32.1. The van der Waals surface area contributed by atoms with E-state index >= 15 is 0 Å². The molecule has 0 radical (unpaired) electrons. The summed E-state index contributed by atoms with van der Waals surface area (Å²) in [4.78, 5) is 19.8. The summed E-state index contributed by atoms with van der Waals surface area (Å²) in [6.07, 6.45) is 2.28. The van der Waals surface area contributed by atoms with Gasteiger partial charge in [-0.2, -0.15) is 0 Å². The Morgan fingerprint density at radius 2 is 2.05 bits per heavy atom. The molecule has 1 aromatic heterocycles. The molecule has 1 saturated heterocycles. The highest BCUT2D eigenvalue weighted by Gasteiger charge is 2.19. The summed E-state index contributed by atoms with van der Waals surface area (Å²) in [5.41, 5.74) is 2.03. The SMILES string of the molecule is Cc1cccc(N=C(NC(=O)c2cccs2)N2CCCC2)c1. The standard InChI is InChI=1S/C17H19N3OS/c1-13-6-4-7-14(12-13)18-17(20-9-2-3-10-20)19-16(21)15-8-5-11-22-15/h4-8,11-12H,2-3,9-10H2,1H3,(H,18,19,21). The molecule has 2 aromatic rings. The van der Waals surface area contributed by atoms with Crippen molar-refractivity contribution in [1.82, 2.24) is 10.2 Å². The molecule has 2 heterocycles. The Morgan fingerprint density at radius 1 is 1.23 bits per heavy atom. The Balaban J connectivity index is 1.85. The van der Waals surface area contributed by atoms with Crippen LogP contribution >= 0.6 is 11.3 Å². The second-order valence-electron chi connectivity index (χ2n) is 5.40. The van der Waals surface area contributed by atoms with Gasteiger partial charge in [-0.1, -0.05) is 18.2 Å². The Bertz CT molecular complexity index is 673. The lowest BCUT2D eigenvalue weighted by molar-refractivity contribution is 0.0977. The van der Waals surface area contributed by atoms with Crippen LogP contribution in [-0.2, 0) is 0 Å². The van der Waals surface area contributed by atoms with Crippen molar-refractivity contribution < 1.29 is 4.79 Å². The number of carbonyl (C=O) groups is 1. The van der Waals surface area contributed by atoms with E-state index in [-0.39, 0.29) is 5.91 Å². The molecule has 0 unspecified atom stereocenters. The van der Waals surface area contributed by atoms with Gasteiger partial charge in [0.05, 0.1) is 10.6 Å². The van der Waals surface area contributed by atoms with Crippen LogP contribution in [0.4, 0.5) is 5.69 Å². The third kappa shape index (κ3) is 3.54. The van der Waals surface area contributed by atoms with E-state index in [1.54, 1.807) is 0 Å². The molecule has 0 atom stereocenters. The quantitative estimate of drug-likeness (QED) is 0.680. The number of hydrogen-bond acceptors (Lipinski definition) is 3. The molecule has 4 nitrogen and oxygen atoms in total. The van der Waals surface area contributed by atoms with Crippen molar-refractivity contribution in [3.8, 4) is 0 Å². The molecule has 114 valence electrons. The third-order valence-electron chi connectivity index (χ3n) is 3.61. The predicted octanol–water partition coefficient (Wildman–Crippen LogP) is 3.57. The lowest BCUT2D eigenvalue weighted by Crippen LogP contribution is -2.42. The van der Waals surface area contributed by atoms with Gasteiger partial charge in [-0.3, -0.25) is 10.1 Å². The van der Waals surface area contributed by atoms with E-state index in [2.05, 4.69) is 15.2 Å². The number of aryl methyl sites for hydroxylation is 1.